The summed E-state index contributed by atoms with van der Waals surface area (Å²) >= 11 is 0. The van der Waals surface area contributed by atoms with Crippen molar-refractivity contribution < 1.29 is 4.79 Å². The lowest BCUT2D eigenvalue weighted by molar-refractivity contribution is 0.0950. The van der Waals surface area contributed by atoms with Gasteiger partial charge in [-0.2, -0.15) is 10.2 Å². The molecule has 5 heteroatoms. The largest absolute Gasteiger partial charge is 0.292 e. The van der Waals surface area contributed by atoms with Crippen LogP contribution in [0, 0.1) is 6.92 Å². The third-order valence-corrected chi connectivity index (χ3v) is 3.03. The first-order chi connectivity index (χ1) is 8.75. The maximum atomic E-state index is 11.8. The molecular formula is C13H12N4O. The number of fused-ring (bicyclic) bond motifs is 1. The van der Waals surface area contributed by atoms with E-state index in [0.29, 0.717) is 12.1 Å². The first-order valence-electron chi connectivity index (χ1n) is 5.72. The summed E-state index contributed by atoms with van der Waals surface area (Å²) in [4.78, 5) is 11.8. The van der Waals surface area contributed by atoms with Crippen molar-refractivity contribution in [2.24, 2.45) is 5.10 Å². The van der Waals surface area contributed by atoms with Crippen molar-refractivity contribution in [3.63, 3.8) is 0 Å². The van der Waals surface area contributed by atoms with Crippen LogP contribution in [0.2, 0.25) is 0 Å². The van der Waals surface area contributed by atoms with Crippen molar-refractivity contribution in [1.82, 2.24) is 15.6 Å². The van der Waals surface area contributed by atoms with E-state index in [1.807, 2.05) is 37.3 Å². The van der Waals surface area contributed by atoms with E-state index in [0.717, 1.165) is 22.5 Å². The predicted molar refractivity (Wildman–Crippen MR) is 67.5 cm³/mol. The second kappa shape index (κ2) is 4.10. The van der Waals surface area contributed by atoms with E-state index in [4.69, 9.17) is 0 Å². The fourth-order valence-electron chi connectivity index (χ4n) is 2.03. The molecule has 2 heterocycles. The van der Waals surface area contributed by atoms with Gasteiger partial charge in [0.25, 0.3) is 5.91 Å². The molecule has 1 aromatic heterocycles. The Morgan fingerprint density at radius 1 is 1.22 bits per heavy atom. The number of carbonyl (C=O) groups excluding carboxylic acids is 1. The zero-order chi connectivity index (χ0) is 12.5. The molecule has 1 aromatic carbocycles. The molecule has 0 unspecified atom stereocenters. The molecule has 90 valence electrons. The van der Waals surface area contributed by atoms with Crippen LogP contribution in [0.25, 0.3) is 0 Å². The van der Waals surface area contributed by atoms with E-state index < -0.39 is 0 Å². The number of nitrogens with one attached hydrogen (secondary N) is 2. The van der Waals surface area contributed by atoms with Gasteiger partial charge >= 0.3 is 0 Å². The smallest absolute Gasteiger partial charge is 0.282 e. The Labute approximate surface area is 104 Å². The summed E-state index contributed by atoms with van der Waals surface area (Å²) in [6.45, 7) is 1.91. The van der Waals surface area contributed by atoms with Crippen LogP contribution < -0.4 is 5.43 Å². The Kier molecular flexibility index (Phi) is 2.44. The molecule has 0 aliphatic carbocycles. The number of carbonyl (C=O) groups is 1. The van der Waals surface area contributed by atoms with Gasteiger partial charge in [0.2, 0.25) is 0 Å². The molecule has 2 aromatic rings. The number of rotatable bonds is 1. The molecule has 2 N–H and O–H groups in total. The molecule has 0 fully saturated rings. The van der Waals surface area contributed by atoms with Crippen molar-refractivity contribution in [3.05, 3.63) is 52.8 Å². The van der Waals surface area contributed by atoms with Gasteiger partial charge in [0.15, 0.2) is 5.69 Å². The zero-order valence-electron chi connectivity index (χ0n) is 9.90. The molecule has 1 amide bonds. The predicted octanol–water partition coefficient (Wildman–Crippen LogP) is 1.41. The minimum absolute atomic E-state index is 0.264. The summed E-state index contributed by atoms with van der Waals surface area (Å²) in [7, 11) is 0. The third kappa shape index (κ3) is 1.69. The highest BCUT2D eigenvalue weighted by Crippen LogP contribution is 2.17. The monoisotopic (exact) mass is 240 g/mol. The van der Waals surface area contributed by atoms with Crippen LogP contribution in [-0.2, 0) is 6.42 Å². The molecule has 1 aliphatic heterocycles. The normalized spacial score (nSPS) is 14.5. The topological polar surface area (TPSA) is 70.1 Å². The fourth-order valence-corrected chi connectivity index (χ4v) is 2.03. The lowest BCUT2D eigenvalue weighted by Gasteiger charge is -2.03. The zero-order valence-corrected chi connectivity index (χ0v) is 9.90. The third-order valence-electron chi connectivity index (χ3n) is 3.03. The maximum Gasteiger partial charge on any atom is 0.292 e. The number of H-pyrrole nitrogens is 1. The summed E-state index contributed by atoms with van der Waals surface area (Å²) < 4.78 is 0. The highest BCUT2D eigenvalue weighted by molar-refractivity contribution is 6.06. The Bertz CT molecular complexity index is 628. The van der Waals surface area contributed by atoms with Crippen LogP contribution in [0.5, 0.6) is 0 Å². The number of hydrogen-bond acceptors (Lipinski definition) is 3. The van der Waals surface area contributed by atoms with Crippen molar-refractivity contribution in [2.75, 3.05) is 0 Å². The molecule has 18 heavy (non-hydrogen) atoms. The van der Waals surface area contributed by atoms with E-state index in [-0.39, 0.29) is 5.91 Å². The number of hydrazone groups is 1. The highest BCUT2D eigenvalue weighted by atomic mass is 16.2. The number of aromatic amines is 1. The van der Waals surface area contributed by atoms with Crippen LogP contribution in [0.3, 0.4) is 0 Å². The van der Waals surface area contributed by atoms with Crippen molar-refractivity contribution >= 4 is 11.6 Å². The summed E-state index contributed by atoms with van der Waals surface area (Å²) in [5.74, 6) is -0.264. The summed E-state index contributed by atoms with van der Waals surface area (Å²) in [5, 5.41) is 11.0. The Morgan fingerprint density at radius 3 is 2.78 bits per heavy atom. The molecule has 0 saturated carbocycles. The van der Waals surface area contributed by atoms with Crippen LogP contribution in [0.4, 0.5) is 0 Å². The van der Waals surface area contributed by atoms with Crippen LogP contribution in [0.1, 0.15) is 27.3 Å². The average Bonchev–Trinajstić information content (AvgIpc) is 2.67. The Balaban J connectivity index is 2.06. The summed E-state index contributed by atoms with van der Waals surface area (Å²) in [5.41, 5.74) is 6.63. The van der Waals surface area contributed by atoms with E-state index in [9.17, 15) is 4.79 Å². The molecule has 0 spiro atoms. The SMILES string of the molecule is Cc1[nH]nc2c1CC(c1ccccc1)=NNC2=O. The maximum absolute atomic E-state index is 11.8. The second-order valence-corrected chi connectivity index (χ2v) is 4.22. The molecule has 0 radical (unpaired) electrons. The van der Waals surface area contributed by atoms with E-state index in [2.05, 4.69) is 20.7 Å². The lowest BCUT2D eigenvalue weighted by Crippen LogP contribution is -2.18. The fraction of sp³-hybridized carbons (Fsp3) is 0.154. The van der Waals surface area contributed by atoms with Crippen molar-refractivity contribution in [3.8, 4) is 0 Å². The standard InChI is InChI=1S/C13H12N4O/c1-8-10-7-11(9-5-3-2-4-6-9)15-17-13(18)12(10)16-14-8/h2-6H,7H2,1H3,(H,14,16)(H,17,18). The molecule has 1 aliphatic rings. The second-order valence-electron chi connectivity index (χ2n) is 4.22. The highest BCUT2D eigenvalue weighted by Gasteiger charge is 2.22. The molecule has 0 bridgehead atoms. The van der Waals surface area contributed by atoms with E-state index >= 15 is 0 Å². The first-order valence-corrected chi connectivity index (χ1v) is 5.72. The lowest BCUT2D eigenvalue weighted by atomic mass is 10.0. The van der Waals surface area contributed by atoms with Gasteiger partial charge in [-0.3, -0.25) is 9.89 Å². The number of hydrogen-bond donors (Lipinski definition) is 2. The first kappa shape index (κ1) is 10.7. The molecule has 5 nitrogen and oxygen atoms in total. The summed E-state index contributed by atoms with van der Waals surface area (Å²) in [6.07, 6.45) is 0.598. The number of benzene rings is 1. The van der Waals surface area contributed by atoms with Gasteiger partial charge in [0.1, 0.15) is 0 Å². The van der Waals surface area contributed by atoms with E-state index in [1.54, 1.807) is 0 Å². The quantitative estimate of drug-likeness (QED) is 0.791. The van der Waals surface area contributed by atoms with E-state index in [1.165, 1.54) is 0 Å². The number of nitrogens with zero attached hydrogens (tertiary/aromatic N) is 2. The van der Waals surface area contributed by atoms with Crippen LogP contribution in [-0.4, -0.2) is 21.8 Å². The summed E-state index contributed by atoms with van der Waals surface area (Å²) in [6, 6.07) is 9.81. The Hall–Kier alpha value is -2.43. The van der Waals surface area contributed by atoms with Gasteiger partial charge in [0, 0.05) is 17.7 Å². The van der Waals surface area contributed by atoms with Gasteiger partial charge in [-0.05, 0) is 12.5 Å². The minimum atomic E-state index is -0.264. The molecule has 3 rings (SSSR count). The van der Waals surface area contributed by atoms with Gasteiger partial charge in [-0.15, -0.1) is 0 Å². The van der Waals surface area contributed by atoms with Crippen molar-refractivity contribution in [1.29, 1.82) is 0 Å². The Morgan fingerprint density at radius 2 is 2.00 bits per heavy atom. The average molecular weight is 240 g/mol. The number of aromatic nitrogens is 2. The molecule has 0 saturated heterocycles. The van der Waals surface area contributed by atoms with Crippen LogP contribution >= 0.6 is 0 Å². The number of aryl methyl sites for hydroxylation is 1. The van der Waals surface area contributed by atoms with Crippen LogP contribution in [0.15, 0.2) is 35.4 Å². The van der Waals surface area contributed by atoms with Gasteiger partial charge < -0.3 is 0 Å². The van der Waals surface area contributed by atoms with Gasteiger partial charge in [-0.1, -0.05) is 30.3 Å². The molecule has 0 atom stereocenters. The van der Waals surface area contributed by atoms with Gasteiger partial charge in [0.05, 0.1) is 5.71 Å². The van der Waals surface area contributed by atoms with Gasteiger partial charge in [-0.25, -0.2) is 5.43 Å². The molecular weight excluding hydrogens is 228 g/mol. The minimum Gasteiger partial charge on any atom is -0.282 e. The number of amides is 1. The van der Waals surface area contributed by atoms with Crippen molar-refractivity contribution in [2.45, 2.75) is 13.3 Å².